The van der Waals surface area contributed by atoms with Crippen molar-refractivity contribution in [1.29, 1.82) is 0 Å². The molecule has 1 heterocycles. The van der Waals surface area contributed by atoms with E-state index in [4.69, 9.17) is 4.74 Å². The second-order valence-electron chi connectivity index (χ2n) is 6.15. The van der Waals surface area contributed by atoms with Gasteiger partial charge in [0.25, 0.3) is 5.91 Å². The molecule has 0 spiro atoms. The van der Waals surface area contributed by atoms with Gasteiger partial charge in [0.05, 0.1) is 12.8 Å². The molecule has 0 unspecified atom stereocenters. The third-order valence-corrected chi connectivity index (χ3v) is 4.50. The summed E-state index contributed by atoms with van der Waals surface area (Å²) in [7, 11) is 1.62. The van der Waals surface area contributed by atoms with Crippen LogP contribution in [-0.2, 0) is 17.8 Å². The highest BCUT2D eigenvalue weighted by atomic mass is 16.5. The van der Waals surface area contributed by atoms with Crippen molar-refractivity contribution < 1.29 is 14.3 Å². The summed E-state index contributed by atoms with van der Waals surface area (Å²) >= 11 is 0. The third kappa shape index (κ3) is 3.61. The molecule has 0 aromatic heterocycles. The lowest BCUT2D eigenvalue weighted by molar-refractivity contribution is -0.116. The zero-order chi connectivity index (χ0) is 18.5. The predicted octanol–water partition coefficient (Wildman–Crippen LogP) is 3.09. The summed E-state index contributed by atoms with van der Waals surface area (Å²) in [6, 6.07) is 13.2. The van der Waals surface area contributed by atoms with Gasteiger partial charge in [0, 0.05) is 18.7 Å². The maximum absolute atomic E-state index is 13.0. The number of hydrogen-bond acceptors (Lipinski definition) is 3. The number of methoxy groups -OCH3 is 1. The second-order valence-corrected chi connectivity index (χ2v) is 6.15. The van der Waals surface area contributed by atoms with Crippen molar-refractivity contribution >= 4 is 17.5 Å². The van der Waals surface area contributed by atoms with Crippen LogP contribution in [0.2, 0.25) is 0 Å². The lowest BCUT2D eigenvalue weighted by Crippen LogP contribution is -2.35. The van der Waals surface area contributed by atoms with Crippen LogP contribution in [0.15, 0.2) is 55.1 Å². The van der Waals surface area contributed by atoms with Gasteiger partial charge in [-0.1, -0.05) is 30.8 Å². The molecule has 134 valence electrons. The Labute approximate surface area is 153 Å². The number of carbonyl (C=O) groups excluding carboxylic acids is 2. The fraction of sp³-hybridized carbons (Fsp3) is 0.238. The minimum absolute atomic E-state index is 0.0443. The average Bonchev–Trinajstić information content (AvgIpc) is 2.70. The first-order chi connectivity index (χ1) is 12.6. The fourth-order valence-electron chi connectivity index (χ4n) is 3.17. The smallest absolute Gasteiger partial charge is 0.258 e. The summed E-state index contributed by atoms with van der Waals surface area (Å²) in [6.07, 6.45) is 3.11. The Morgan fingerprint density at radius 2 is 2.00 bits per heavy atom. The molecule has 0 bridgehead atoms. The zero-order valence-corrected chi connectivity index (χ0v) is 14.8. The van der Waals surface area contributed by atoms with Gasteiger partial charge in [0.15, 0.2) is 0 Å². The Kier molecular flexibility index (Phi) is 5.37. The molecule has 5 nitrogen and oxygen atoms in total. The summed E-state index contributed by atoms with van der Waals surface area (Å²) < 4.78 is 5.47. The molecule has 0 saturated carbocycles. The van der Waals surface area contributed by atoms with Gasteiger partial charge in [-0.25, -0.2) is 0 Å². The first-order valence-electron chi connectivity index (χ1n) is 8.61. The van der Waals surface area contributed by atoms with Gasteiger partial charge >= 0.3 is 0 Å². The second kappa shape index (κ2) is 7.87. The molecule has 26 heavy (non-hydrogen) atoms. The monoisotopic (exact) mass is 350 g/mol. The molecule has 1 N–H and O–H groups in total. The molecule has 5 heteroatoms. The quantitative estimate of drug-likeness (QED) is 0.843. The number of hydrogen-bond donors (Lipinski definition) is 1. The Bertz CT molecular complexity index is 813. The van der Waals surface area contributed by atoms with Gasteiger partial charge in [-0.15, -0.1) is 0 Å². The number of aryl methyl sites for hydroxylation is 1. The molecule has 1 aliphatic heterocycles. The Balaban J connectivity index is 1.81. The van der Waals surface area contributed by atoms with Crippen LogP contribution in [0.5, 0.6) is 5.75 Å². The molecule has 2 amide bonds. The van der Waals surface area contributed by atoms with Crippen molar-refractivity contribution in [2.24, 2.45) is 0 Å². The van der Waals surface area contributed by atoms with E-state index in [1.165, 1.54) is 6.08 Å². The maximum Gasteiger partial charge on any atom is 0.258 e. The van der Waals surface area contributed by atoms with Gasteiger partial charge < -0.3 is 15.0 Å². The largest absolute Gasteiger partial charge is 0.495 e. The van der Waals surface area contributed by atoms with Crippen LogP contribution < -0.4 is 15.0 Å². The number of ether oxygens (including phenoxy) is 1. The molecule has 2 aromatic carbocycles. The van der Waals surface area contributed by atoms with E-state index < -0.39 is 0 Å². The van der Waals surface area contributed by atoms with Crippen LogP contribution >= 0.6 is 0 Å². The van der Waals surface area contributed by atoms with E-state index in [9.17, 15) is 9.59 Å². The third-order valence-electron chi connectivity index (χ3n) is 4.50. The Hall–Kier alpha value is -3.08. The van der Waals surface area contributed by atoms with E-state index in [1.54, 1.807) is 24.1 Å². The number of fused-ring (bicyclic) bond motifs is 1. The summed E-state index contributed by atoms with van der Waals surface area (Å²) in [5.41, 5.74) is 3.54. The van der Waals surface area contributed by atoms with Crippen molar-refractivity contribution in [3.8, 4) is 5.75 Å². The van der Waals surface area contributed by atoms with Crippen LogP contribution in [0.4, 0.5) is 5.69 Å². The standard InChI is InChI=1S/C21H22N2O3/c1-3-19(24)22-14-15-9-11-17(12-10-15)21(25)23-13-5-7-16-6-4-8-18(26-2)20(16)23/h3-4,6,8-12H,1,5,7,13-14H2,2H3,(H,22,24). The SMILES string of the molecule is C=CC(=O)NCc1ccc(C(=O)N2CCCc3cccc(OC)c32)cc1. The number of nitrogens with one attached hydrogen (secondary N) is 1. The van der Waals surface area contributed by atoms with Crippen LogP contribution in [-0.4, -0.2) is 25.5 Å². The highest BCUT2D eigenvalue weighted by Gasteiger charge is 2.26. The molecule has 0 saturated heterocycles. The van der Waals surface area contributed by atoms with Crippen LogP contribution in [0, 0.1) is 0 Å². The number of amides is 2. The van der Waals surface area contributed by atoms with Gasteiger partial charge in [-0.05, 0) is 48.2 Å². The van der Waals surface area contributed by atoms with Crippen molar-refractivity contribution in [3.63, 3.8) is 0 Å². The van der Waals surface area contributed by atoms with E-state index in [0.29, 0.717) is 18.7 Å². The highest BCUT2D eigenvalue weighted by molar-refractivity contribution is 6.07. The minimum atomic E-state index is -0.220. The van der Waals surface area contributed by atoms with Crippen LogP contribution in [0.25, 0.3) is 0 Å². The van der Waals surface area contributed by atoms with E-state index in [0.717, 1.165) is 35.4 Å². The molecule has 0 fully saturated rings. The Morgan fingerprint density at radius 1 is 1.23 bits per heavy atom. The summed E-state index contributed by atoms with van der Waals surface area (Å²) in [4.78, 5) is 26.1. The number of rotatable bonds is 5. The normalized spacial score (nSPS) is 12.9. The van der Waals surface area contributed by atoms with Gasteiger partial charge in [-0.2, -0.15) is 0 Å². The number of nitrogens with zero attached hydrogens (tertiary/aromatic N) is 1. The molecular weight excluding hydrogens is 328 g/mol. The van der Waals surface area contributed by atoms with Crippen molar-refractivity contribution in [2.45, 2.75) is 19.4 Å². The molecule has 0 radical (unpaired) electrons. The predicted molar refractivity (Wildman–Crippen MR) is 101 cm³/mol. The number of carbonyl (C=O) groups is 2. The molecule has 0 aliphatic carbocycles. The van der Waals surface area contributed by atoms with Gasteiger partial charge in [0.2, 0.25) is 5.91 Å². The average molecular weight is 350 g/mol. The molecular formula is C21H22N2O3. The topological polar surface area (TPSA) is 58.6 Å². The van der Waals surface area contributed by atoms with E-state index in [1.807, 2.05) is 30.3 Å². The molecule has 0 atom stereocenters. The van der Waals surface area contributed by atoms with Gasteiger partial charge in [0.1, 0.15) is 5.75 Å². The summed E-state index contributed by atoms with van der Waals surface area (Å²) in [5.74, 6) is 0.457. The van der Waals surface area contributed by atoms with Gasteiger partial charge in [-0.3, -0.25) is 9.59 Å². The summed E-state index contributed by atoms with van der Waals surface area (Å²) in [6.45, 7) is 4.49. The number of anilines is 1. The van der Waals surface area contributed by atoms with E-state index in [-0.39, 0.29) is 11.8 Å². The van der Waals surface area contributed by atoms with Crippen LogP contribution in [0.3, 0.4) is 0 Å². The number of para-hydroxylation sites is 1. The van der Waals surface area contributed by atoms with Crippen molar-refractivity contribution in [2.75, 3.05) is 18.6 Å². The van der Waals surface area contributed by atoms with Crippen molar-refractivity contribution in [1.82, 2.24) is 5.32 Å². The lowest BCUT2D eigenvalue weighted by Gasteiger charge is -2.31. The molecule has 1 aliphatic rings. The Morgan fingerprint density at radius 3 is 2.69 bits per heavy atom. The fourth-order valence-corrected chi connectivity index (χ4v) is 3.17. The molecule has 3 rings (SSSR count). The summed E-state index contributed by atoms with van der Waals surface area (Å²) in [5, 5.41) is 2.72. The van der Waals surface area contributed by atoms with Crippen LogP contribution in [0.1, 0.15) is 27.9 Å². The maximum atomic E-state index is 13.0. The first kappa shape index (κ1) is 17.7. The zero-order valence-electron chi connectivity index (χ0n) is 14.8. The first-order valence-corrected chi connectivity index (χ1v) is 8.61. The highest BCUT2D eigenvalue weighted by Crippen LogP contribution is 2.36. The lowest BCUT2D eigenvalue weighted by atomic mass is 9.99. The minimum Gasteiger partial charge on any atom is -0.495 e. The van der Waals surface area contributed by atoms with E-state index >= 15 is 0 Å². The molecule has 2 aromatic rings. The number of benzene rings is 2. The van der Waals surface area contributed by atoms with Crippen molar-refractivity contribution in [3.05, 3.63) is 71.8 Å². The van der Waals surface area contributed by atoms with E-state index in [2.05, 4.69) is 11.9 Å².